The second-order valence-electron chi connectivity index (χ2n) is 7.36. The zero-order valence-corrected chi connectivity index (χ0v) is 14.2. The van der Waals surface area contributed by atoms with Gasteiger partial charge in [0, 0.05) is 29.5 Å². The van der Waals surface area contributed by atoms with Crippen molar-refractivity contribution in [1.29, 1.82) is 0 Å². The maximum absolute atomic E-state index is 4.40. The Hall–Kier alpha value is -1.67. The number of rotatable bonds is 3. The Labute approximate surface area is 139 Å². The average Bonchev–Trinajstić information content (AvgIpc) is 2.94. The quantitative estimate of drug-likeness (QED) is 0.810. The number of nitrogens with zero attached hydrogens (tertiary/aromatic N) is 2. The van der Waals surface area contributed by atoms with Crippen molar-refractivity contribution in [3.8, 4) is 11.1 Å². The molecule has 0 N–H and O–H groups in total. The Balaban J connectivity index is 1.40. The van der Waals surface area contributed by atoms with Gasteiger partial charge in [0.2, 0.25) is 0 Å². The summed E-state index contributed by atoms with van der Waals surface area (Å²) in [6.45, 7) is 5.74. The van der Waals surface area contributed by atoms with Crippen molar-refractivity contribution in [2.45, 2.75) is 57.5 Å². The molecule has 2 heteroatoms. The topological polar surface area (TPSA) is 16.1 Å². The van der Waals surface area contributed by atoms with Crippen LogP contribution in [-0.2, 0) is 0 Å². The van der Waals surface area contributed by atoms with Crippen molar-refractivity contribution in [1.82, 2.24) is 9.88 Å². The smallest absolute Gasteiger partial charge is 0.0373 e. The molecular weight excluding hydrogens is 280 g/mol. The van der Waals surface area contributed by atoms with Crippen molar-refractivity contribution >= 4 is 0 Å². The summed E-state index contributed by atoms with van der Waals surface area (Å²) in [6, 6.07) is 15.0. The molecule has 1 saturated carbocycles. The van der Waals surface area contributed by atoms with E-state index in [0.717, 1.165) is 23.7 Å². The van der Waals surface area contributed by atoms with Crippen LogP contribution in [0.5, 0.6) is 0 Å². The van der Waals surface area contributed by atoms with Crippen LogP contribution in [0.3, 0.4) is 0 Å². The molecular formula is C21H26N2. The Bertz CT molecular complexity index is 653. The third-order valence-electron chi connectivity index (χ3n) is 5.81. The van der Waals surface area contributed by atoms with Gasteiger partial charge in [-0.2, -0.15) is 0 Å². The molecule has 1 atom stereocenters. The van der Waals surface area contributed by atoms with Crippen molar-refractivity contribution in [2.24, 2.45) is 0 Å². The van der Waals surface area contributed by atoms with Crippen LogP contribution < -0.4 is 0 Å². The first kappa shape index (κ1) is 14.9. The van der Waals surface area contributed by atoms with Crippen LogP contribution in [0, 0.1) is 6.92 Å². The molecule has 1 aromatic carbocycles. The Morgan fingerprint density at radius 1 is 1.00 bits per heavy atom. The fourth-order valence-corrected chi connectivity index (χ4v) is 4.22. The average molecular weight is 306 g/mol. The molecule has 2 heterocycles. The van der Waals surface area contributed by atoms with Crippen LogP contribution in [0.1, 0.15) is 49.8 Å². The number of likely N-dealkylation sites (tertiary alicyclic amines) is 1. The maximum atomic E-state index is 4.40. The summed E-state index contributed by atoms with van der Waals surface area (Å²) >= 11 is 0. The molecule has 2 nitrogen and oxygen atoms in total. The highest BCUT2D eigenvalue weighted by molar-refractivity contribution is 5.62. The molecule has 0 bridgehead atoms. The number of hydrogen-bond acceptors (Lipinski definition) is 2. The third kappa shape index (κ3) is 2.92. The van der Waals surface area contributed by atoms with Crippen molar-refractivity contribution < 1.29 is 0 Å². The van der Waals surface area contributed by atoms with Crippen molar-refractivity contribution in [3.63, 3.8) is 0 Å². The summed E-state index contributed by atoms with van der Waals surface area (Å²) in [5.74, 6) is 0.762. The van der Waals surface area contributed by atoms with Crippen LogP contribution in [0.4, 0.5) is 0 Å². The lowest BCUT2D eigenvalue weighted by molar-refractivity contribution is 0.103. The zero-order chi connectivity index (χ0) is 15.8. The van der Waals surface area contributed by atoms with Gasteiger partial charge >= 0.3 is 0 Å². The highest BCUT2D eigenvalue weighted by Gasteiger charge is 2.37. The summed E-state index contributed by atoms with van der Waals surface area (Å²) in [5, 5.41) is 0. The Kier molecular flexibility index (Phi) is 3.94. The predicted molar refractivity (Wildman–Crippen MR) is 95.6 cm³/mol. The molecule has 1 aliphatic heterocycles. The van der Waals surface area contributed by atoms with E-state index in [1.165, 1.54) is 48.9 Å². The van der Waals surface area contributed by atoms with E-state index in [9.17, 15) is 0 Å². The lowest BCUT2D eigenvalue weighted by atomic mass is 9.74. The van der Waals surface area contributed by atoms with Crippen LogP contribution in [0.25, 0.3) is 11.1 Å². The fraction of sp³-hybridized carbons (Fsp3) is 0.476. The van der Waals surface area contributed by atoms with Gasteiger partial charge in [-0.3, -0.25) is 9.88 Å². The lowest BCUT2D eigenvalue weighted by Gasteiger charge is -2.43. The molecule has 2 fully saturated rings. The minimum absolute atomic E-state index is 0.762. The highest BCUT2D eigenvalue weighted by Crippen LogP contribution is 2.42. The predicted octanol–water partition coefficient (Wildman–Crippen LogP) is 4.79. The fourth-order valence-electron chi connectivity index (χ4n) is 4.22. The summed E-state index contributed by atoms with van der Waals surface area (Å²) in [5.41, 5.74) is 5.06. The van der Waals surface area contributed by atoms with Crippen LogP contribution in [-0.4, -0.2) is 28.5 Å². The van der Waals surface area contributed by atoms with E-state index in [4.69, 9.17) is 0 Å². The van der Waals surface area contributed by atoms with Gasteiger partial charge in [-0.15, -0.1) is 0 Å². The first-order chi connectivity index (χ1) is 11.2. The third-order valence-corrected chi connectivity index (χ3v) is 5.81. The normalized spacial score (nSPS) is 27.8. The Morgan fingerprint density at radius 2 is 1.74 bits per heavy atom. The van der Waals surface area contributed by atoms with E-state index in [-0.39, 0.29) is 0 Å². The SMILES string of the molecule is Cc1ccc(-c2ccc(C3CC(N4CCC[C@H]4C)C3)cc2)cn1. The van der Waals surface area contributed by atoms with Crippen LogP contribution in [0.2, 0.25) is 0 Å². The van der Waals surface area contributed by atoms with Gasteiger partial charge in [0.25, 0.3) is 0 Å². The minimum atomic E-state index is 0.762. The van der Waals surface area contributed by atoms with E-state index >= 15 is 0 Å². The van der Waals surface area contributed by atoms with Crippen molar-refractivity contribution in [3.05, 3.63) is 53.9 Å². The molecule has 1 aliphatic carbocycles. The highest BCUT2D eigenvalue weighted by atomic mass is 15.2. The van der Waals surface area contributed by atoms with Gasteiger partial charge in [-0.1, -0.05) is 30.3 Å². The molecule has 2 aliphatic rings. The largest absolute Gasteiger partial charge is 0.298 e. The molecule has 4 rings (SSSR count). The van der Waals surface area contributed by atoms with Gasteiger partial charge in [-0.25, -0.2) is 0 Å². The molecule has 2 aromatic rings. The summed E-state index contributed by atoms with van der Waals surface area (Å²) < 4.78 is 0. The molecule has 1 saturated heterocycles. The Morgan fingerprint density at radius 3 is 2.35 bits per heavy atom. The maximum Gasteiger partial charge on any atom is 0.0373 e. The zero-order valence-electron chi connectivity index (χ0n) is 14.2. The number of aryl methyl sites for hydroxylation is 1. The van der Waals surface area contributed by atoms with Gasteiger partial charge in [0.05, 0.1) is 0 Å². The summed E-state index contributed by atoms with van der Waals surface area (Å²) in [4.78, 5) is 7.13. The molecule has 0 radical (unpaired) electrons. The van der Waals surface area contributed by atoms with E-state index < -0.39 is 0 Å². The molecule has 23 heavy (non-hydrogen) atoms. The van der Waals surface area contributed by atoms with E-state index in [1.807, 2.05) is 13.1 Å². The minimum Gasteiger partial charge on any atom is -0.298 e. The van der Waals surface area contributed by atoms with Gasteiger partial charge in [0.1, 0.15) is 0 Å². The van der Waals surface area contributed by atoms with Crippen molar-refractivity contribution in [2.75, 3.05) is 6.54 Å². The second kappa shape index (κ2) is 6.09. The second-order valence-corrected chi connectivity index (χ2v) is 7.36. The van der Waals surface area contributed by atoms with Gasteiger partial charge < -0.3 is 0 Å². The molecule has 120 valence electrons. The number of benzene rings is 1. The first-order valence-electron chi connectivity index (χ1n) is 8.99. The summed E-state index contributed by atoms with van der Waals surface area (Å²) in [7, 11) is 0. The molecule has 0 spiro atoms. The first-order valence-corrected chi connectivity index (χ1v) is 8.99. The summed E-state index contributed by atoms with van der Waals surface area (Å²) in [6.07, 6.45) is 7.44. The van der Waals surface area contributed by atoms with Gasteiger partial charge in [-0.05, 0) is 69.2 Å². The number of hydrogen-bond donors (Lipinski definition) is 0. The monoisotopic (exact) mass is 306 g/mol. The molecule has 0 unspecified atom stereocenters. The number of aromatic nitrogens is 1. The van der Waals surface area contributed by atoms with E-state index in [0.29, 0.717) is 0 Å². The molecule has 0 amide bonds. The van der Waals surface area contributed by atoms with Gasteiger partial charge in [0.15, 0.2) is 0 Å². The van der Waals surface area contributed by atoms with Crippen LogP contribution >= 0.6 is 0 Å². The van der Waals surface area contributed by atoms with Crippen LogP contribution in [0.15, 0.2) is 42.6 Å². The lowest BCUT2D eigenvalue weighted by Crippen LogP contribution is -2.45. The molecule has 1 aromatic heterocycles. The number of pyridine rings is 1. The standard InChI is InChI=1S/C21H26N2/c1-15-5-6-19(14-22-15)17-7-9-18(10-8-17)20-12-21(13-20)23-11-3-4-16(23)2/h5-10,14,16,20-21H,3-4,11-13H2,1-2H3/t16-,20?,21?/m1/s1. The van der Waals surface area contributed by atoms with E-state index in [1.54, 1.807) is 0 Å². The van der Waals surface area contributed by atoms with E-state index in [2.05, 4.69) is 53.2 Å².